The average molecular weight is 262 g/mol. The van der Waals surface area contributed by atoms with Gasteiger partial charge < -0.3 is 15.0 Å². The number of nitrogens with zero attached hydrogens (tertiary/aromatic N) is 1. The fourth-order valence-corrected chi connectivity index (χ4v) is 2.27. The third kappa shape index (κ3) is 4.24. The van der Waals surface area contributed by atoms with Crippen molar-refractivity contribution in [2.45, 2.75) is 19.3 Å². The Labute approximate surface area is 114 Å². The first-order valence-corrected chi connectivity index (χ1v) is 6.80. The fraction of sp³-hybridized carbons (Fsp3) is 0.533. The molecule has 2 rings (SSSR count). The normalized spacial score (nSPS) is 16.1. The molecule has 0 saturated carbocycles. The molecule has 0 aromatic heterocycles. The van der Waals surface area contributed by atoms with Gasteiger partial charge in [0.25, 0.3) is 0 Å². The monoisotopic (exact) mass is 262 g/mol. The molecule has 1 aromatic rings. The number of carbonyl (C=O) groups excluding carboxylic acids is 1. The summed E-state index contributed by atoms with van der Waals surface area (Å²) in [6.45, 7) is 1.57. The van der Waals surface area contributed by atoms with Gasteiger partial charge in [-0.2, -0.15) is 0 Å². The van der Waals surface area contributed by atoms with Gasteiger partial charge in [-0.25, -0.2) is 0 Å². The minimum absolute atomic E-state index is 0.101. The van der Waals surface area contributed by atoms with E-state index in [-0.39, 0.29) is 5.91 Å². The van der Waals surface area contributed by atoms with E-state index in [1.807, 2.05) is 43.3 Å². The van der Waals surface area contributed by atoms with Crippen LogP contribution in [0.15, 0.2) is 24.3 Å². The third-order valence-corrected chi connectivity index (χ3v) is 3.48. The first-order valence-electron chi connectivity index (χ1n) is 6.80. The molecule has 4 heteroatoms. The molecule has 1 heterocycles. The summed E-state index contributed by atoms with van der Waals surface area (Å²) in [5.74, 6) is 0.569. The van der Waals surface area contributed by atoms with Crippen molar-refractivity contribution in [2.75, 3.05) is 37.5 Å². The average Bonchev–Trinajstić information content (AvgIpc) is 2.40. The van der Waals surface area contributed by atoms with E-state index in [1.165, 1.54) is 0 Å². The number of hydrogen-bond donors (Lipinski definition) is 1. The lowest BCUT2D eigenvalue weighted by molar-refractivity contribution is -0.117. The van der Waals surface area contributed by atoms with Crippen LogP contribution in [-0.2, 0) is 9.53 Å². The maximum Gasteiger partial charge on any atom is 0.224 e. The molecule has 0 radical (unpaired) electrons. The Morgan fingerprint density at radius 3 is 2.47 bits per heavy atom. The second-order valence-corrected chi connectivity index (χ2v) is 5.25. The van der Waals surface area contributed by atoms with Gasteiger partial charge in [0.15, 0.2) is 0 Å². The van der Waals surface area contributed by atoms with Gasteiger partial charge in [0, 0.05) is 45.1 Å². The number of anilines is 2. The Morgan fingerprint density at radius 2 is 1.89 bits per heavy atom. The standard InChI is InChI=1S/C15H22N2O2/c1-17(2)14-5-3-13(4-6-14)16-15(18)11-12-7-9-19-10-8-12/h3-6,12H,7-11H2,1-2H3,(H,16,18). The van der Waals surface area contributed by atoms with E-state index in [2.05, 4.69) is 5.32 Å². The fourth-order valence-electron chi connectivity index (χ4n) is 2.27. The predicted molar refractivity (Wildman–Crippen MR) is 77.6 cm³/mol. The first-order chi connectivity index (χ1) is 9.15. The van der Waals surface area contributed by atoms with E-state index < -0.39 is 0 Å². The molecular formula is C15H22N2O2. The summed E-state index contributed by atoms with van der Waals surface area (Å²) < 4.78 is 5.30. The van der Waals surface area contributed by atoms with Crippen LogP contribution < -0.4 is 10.2 Å². The molecule has 0 aliphatic carbocycles. The molecule has 0 unspecified atom stereocenters. The number of hydrogen-bond acceptors (Lipinski definition) is 3. The largest absolute Gasteiger partial charge is 0.381 e. The highest BCUT2D eigenvalue weighted by Gasteiger charge is 2.17. The van der Waals surface area contributed by atoms with Crippen LogP contribution in [0, 0.1) is 5.92 Å². The molecular weight excluding hydrogens is 240 g/mol. The van der Waals surface area contributed by atoms with Crippen molar-refractivity contribution in [1.29, 1.82) is 0 Å². The summed E-state index contributed by atoms with van der Waals surface area (Å²) in [7, 11) is 4.00. The van der Waals surface area contributed by atoms with Crippen molar-refractivity contribution in [3.05, 3.63) is 24.3 Å². The Balaban J connectivity index is 1.84. The van der Waals surface area contributed by atoms with Crippen LogP contribution in [0.3, 0.4) is 0 Å². The SMILES string of the molecule is CN(C)c1ccc(NC(=O)CC2CCOCC2)cc1. The summed E-state index contributed by atoms with van der Waals surface area (Å²) in [6.07, 6.45) is 2.58. The number of nitrogens with one attached hydrogen (secondary N) is 1. The van der Waals surface area contributed by atoms with Crippen LogP contribution in [0.2, 0.25) is 0 Å². The number of amides is 1. The highest BCUT2D eigenvalue weighted by atomic mass is 16.5. The zero-order chi connectivity index (χ0) is 13.7. The lowest BCUT2D eigenvalue weighted by Crippen LogP contribution is -2.22. The molecule has 4 nitrogen and oxygen atoms in total. The van der Waals surface area contributed by atoms with E-state index in [0.717, 1.165) is 37.4 Å². The Bertz CT molecular complexity index is 409. The van der Waals surface area contributed by atoms with E-state index in [4.69, 9.17) is 4.74 Å². The minimum atomic E-state index is 0.101. The van der Waals surface area contributed by atoms with E-state index in [0.29, 0.717) is 12.3 Å². The molecule has 1 aliphatic rings. The van der Waals surface area contributed by atoms with Crippen LogP contribution in [0.25, 0.3) is 0 Å². The van der Waals surface area contributed by atoms with Gasteiger partial charge in [0.05, 0.1) is 0 Å². The van der Waals surface area contributed by atoms with Crippen LogP contribution in [0.1, 0.15) is 19.3 Å². The molecule has 19 heavy (non-hydrogen) atoms. The number of benzene rings is 1. The van der Waals surface area contributed by atoms with Crippen molar-refractivity contribution < 1.29 is 9.53 Å². The summed E-state index contributed by atoms with van der Waals surface area (Å²) in [5, 5.41) is 2.96. The molecule has 0 bridgehead atoms. The maximum absolute atomic E-state index is 11.9. The Hall–Kier alpha value is -1.55. The molecule has 1 aromatic carbocycles. The van der Waals surface area contributed by atoms with Crippen LogP contribution in [0.4, 0.5) is 11.4 Å². The summed E-state index contributed by atoms with van der Waals surface area (Å²) in [6, 6.07) is 7.89. The molecule has 0 spiro atoms. The Morgan fingerprint density at radius 1 is 1.26 bits per heavy atom. The van der Waals surface area contributed by atoms with E-state index >= 15 is 0 Å². The first kappa shape index (κ1) is 13.9. The van der Waals surface area contributed by atoms with E-state index in [1.54, 1.807) is 0 Å². The van der Waals surface area contributed by atoms with E-state index in [9.17, 15) is 4.79 Å². The minimum Gasteiger partial charge on any atom is -0.381 e. The summed E-state index contributed by atoms with van der Waals surface area (Å²) >= 11 is 0. The van der Waals surface area contributed by atoms with Gasteiger partial charge in [0.2, 0.25) is 5.91 Å². The lowest BCUT2D eigenvalue weighted by Gasteiger charge is -2.21. The molecule has 104 valence electrons. The zero-order valence-corrected chi connectivity index (χ0v) is 11.7. The molecule has 1 saturated heterocycles. The van der Waals surface area contributed by atoms with Gasteiger partial charge >= 0.3 is 0 Å². The lowest BCUT2D eigenvalue weighted by atomic mass is 9.96. The van der Waals surface area contributed by atoms with Crippen LogP contribution >= 0.6 is 0 Å². The van der Waals surface area contributed by atoms with Crippen molar-refractivity contribution in [3.63, 3.8) is 0 Å². The van der Waals surface area contributed by atoms with Crippen molar-refractivity contribution in [2.24, 2.45) is 5.92 Å². The molecule has 1 N–H and O–H groups in total. The molecule has 1 amide bonds. The number of carbonyl (C=O) groups is 1. The Kier molecular flexibility index (Phi) is 4.80. The quantitative estimate of drug-likeness (QED) is 0.906. The van der Waals surface area contributed by atoms with Crippen LogP contribution in [-0.4, -0.2) is 33.2 Å². The summed E-state index contributed by atoms with van der Waals surface area (Å²) in [5.41, 5.74) is 1.99. The molecule has 0 atom stereocenters. The van der Waals surface area contributed by atoms with Crippen molar-refractivity contribution in [3.8, 4) is 0 Å². The van der Waals surface area contributed by atoms with Gasteiger partial charge in [-0.05, 0) is 43.0 Å². The second-order valence-electron chi connectivity index (χ2n) is 5.25. The third-order valence-electron chi connectivity index (χ3n) is 3.48. The van der Waals surface area contributed by atoms with Crippen molar-refractivity contribution in [1.82, 2.24) is 0 Å². The summed E-state index contributed by atoms with van der Waals surface area (Å²) in [4.78, 5) is 14.0. The molecule has 1 aliphatic heterocycles. The maximum atomic E-state index is 11.9. The highest BCUT2D eigenvalue weighted by molar-refractivity contribution is 5.91. The zero-order valence-electron chi connectivity index (χ0n) is 11.7. The topological polar surface area (TPSA) is 41.6 Å². The van der Waals surface area contributed by atoms with Gasteiger partial charge in [-0.15, -0.1) is 0 Å². The second kappa shape index (κ2) is 6.57. The molecule has 1 fully saturated rings. The van der Waals surface area contributed by atoms with Crippen LogP contribution in [0.5, 0.6) is 0 Å². The predicted octanol–water partition coefficient (Wildman–Crippen LogP) is 2.51. The van der Waals surface area contributed by atoms with Gasteiger partial charge in [0.1, 0.15) is 0 Å². The smallest absolute Gasteiger partial charge is 0.224 e. The number of ether oxygens (including phenoxy) is 1. The van der Waals surface area contributed by atoms with Gasteiger partial charge in [-0.1, -0.05) is 0 Å². The highest BCUT2D eigenvalue weighted by Crippen LogP contribution is 2.20. The van der Waals surface area contributed by atoms with Gasteiger partial charge in [-0.3, -0.25) is 4.79 Å². The van der Waals surface area contributed by atoms with Crippen molar-refractivity contribution >= 4 is 17.3 Å². The number of rotatable bonds is 4.